The van der Waals surface area contributed by atoms with Crippen molar-refractivity contribution in [2.24, 2.45) is 0 Å². The van der Waals surface area contributed by atoms with E-state index < -0.39 is 23.9 Å². The smallest absolute Gasteiger partial charge is 0.366 e. The van der Waals surface area contributed by atoms with Gasteiger partial charge in [-0.15, -0.1) is 0 Å². The van der Waals surface area contributed by atoms with Crippen LogP contribution in [0.2, 0.25) is 0 Å². The minimum Gasteiger partial charge on any atom is -0.366 e. The van der Waals surface area contributed by atoms with Gasteiger partial charge in [0.15, 0.2) is 0 Å². The number of ether oxygens (including phenoxy) is 1. The molecule has 1 amide bonds. The summed E-state index contributed by atoms with van der Waals surface area (Å²) in [5.74, 6) is -0.409. The second-order valence-electron chi connectivity index (χ2n) is 3.98. The molecule has 8 heteroatoms. The van der Waals surface area contributed by atoms with E-state index in [0.717, 1.165) is 18.3 Å². The Balaban J connectivity index is 1.97. The number of halogens is 3. The molecule has 0 spiro atoms. The van der Waals surface area contributed by atoms with Gasteiger partial charge in [0.25, 0.3) is 5.91 Å². The van der Waals surface area contributed by atoms with Crippen LogP contribution < -0.4 is 10.6 Å². The third kappa shape index (κ3) is 3.65. The highest BCUT2D eigenvalue weighted by Crippen LogP contribution is 2.27. The van der Waals surface area contributed by atoms with E-state index in [0.29, 0.717) is 19.7 Å². The van der Waals surface area contributed by atoms with Crippen molar-refractivity contribution in [3.63, 3.8) is 0 Å². The van der Waals surface area contributed by atoms with Gasteiger partial charge in [-0.3, -0.25) is 4.79 Å². The molecule has 1 aromatic heterocycles. The first-order valence-corrected chi connectivity index (χ1v) is 5.63. The van der Waals surface area contributed by atoms with Crippen molar-refractivity contribution in [1.82, 2.24) is 10.3 Å². The molecule has 1 unspecified atom stereocenters. The van der Waals surface area contributed by atoms with Gasteiger partial charge in [-0.1, -0.05) is 0 Å². The SMILES string of the molecule is O=C(Nc1ccc(C(F)(F)F)nc1)C1CNCCO1. The number of hydrogen-bond acceptors (Lipinski definition) is 4. The van der Waals surface area contributed by atoms with E-state index in [4.69, 9.17) is 4.74 Å². The van der Waals surface area contributed by atoms with Crippen LogP contribution in [0.4, 0.5) is 18.9 Å². The fourth-order valence-corrected chi connectivity index (χ4v) is 1.59. The number of carbonyl (C=O) groups is 1. The summed E-state index contributed by atoms with van der Waals surface area (Å²) in [6, 6.07) is 1.97. The summed E-state index contributed by atoms with van der Waals surface area (Å²) >= 11 is 0. The van der Waals surface area contributed by atoms with Gasteiger partial charge in [0.2, 0.25) is 0 Å². The highest BCUT2D eigenvalue weighted by molar-refractivity contribution is 5.94. The number of alkyl halides is 3. The van der Waals surface area contributed by atoms with Gasteiger partial charge in [-0.05, 0) is 12.1 Å². The summed E-state index contributed by atoms with van der Waals surface area (Å²) in [5, 5.41) is 5.44. The molecule has 1 saturated heterocycles. The number of amides is 1. The van der Waals surface area contributed by atoms with E-state index in [2.05, 4.69) is 15.6 Å². The largest absolute Gasteiger partial charge is 0.433 e. The minimum absolute atomic E-state index is 0.201. The molecule has 1 aliphatic rings. The molecule has 2 N–H and O–H groups in total. The van der Waals surface area contributed by atoms with Gasteiger partial charge in [-0.2, -0.15) is 13.2 Å². The number of aromatic nitrogens is 1. The van der Waals surface area contributed by atoms with Crippen LogP contribution in [-0.4, -0.2) is 36.7 Å². The molecule has 2 heterocycles. The average Bonchev–Trinajstić information content (AvgIpc) is 2.39. The summed E-state index contributed by atoms with van der Waals surface area (Å²) in [5.41, 5.74) is -0.798. The normalized spacial score (nSPS) is 20.1. The Morgan fingerprint density at radius 2 is 2.26 bits per heavy atom. The Labute approximate surface area is 107 Å². The Morgan fingerprint density at radius 1 is 1.47 bits per heavy atom. The fourth-order valence-electron chi connectivity index (χ4n) is 1.59. The van der Waals surface area contributed by atoms with E-state index in [-0.39, 0.29) is 5.69 Å². The lowest BCUT2D eigenvalue weighted by molar-refractivity contribution is -0.141. The van der Waals surface area contributed by atoms with E-state index in [9.17, 15) is 18.0 Å². The molecule has 1 fully saturated rings. The zero-order valence-corrected chi connectivity index (χ0v) is 9.83. The first-order chi connectivity index (χ1) is 8.97. The Morgan fingerprint density at radius 3 is 2.79 bits per heavy atom. The van der Waals surface area contributed by atoms with Crippen LogP contribution in [0.1, 0.15) is 5.69 Å². The summed E-state index contributed by atoms with van der Waals surface area (Å²) in [6.45, 7) is 1.47. The van der Waals surface area contributed by atoms with Crippen molar-refractivity contribution in [3.8, 4) is 0 Å². The molecule has 104 valence electrons. The molecule has 0 radical (unpaired) electrons. The zero-order valence-electron chi connectivity index (χ0n) is 9.83. The average molecular weight is 275 g/mol. The monoisotopic (exact) mass is 275 g/mol. The van der Waals surface area contributed by atoms with E-state index >= 15 is 0 Å². The lowest BCUT2D eigenvalue weighted by Crippen LogP contribution is -2.45. The Bertz CT molecular complexity index is 441. The summed E-state index contributed by atoms with van der Waals surface area (Å²) in [7, 11) is 0. The lowest BCUT2D eigenvalue weighted by atomic mass is 10.2. The molecule has 0 saturated carbocycles. The van der Waals surface area contributed by atoms with Gasteiger partial charge in [-0.25, -0.2) is 4.98 Å². The fraction of sp³-hybridized carbons (Fsp3) is 0.455. The Kier molecular flexibility index (Phi) is 4.01. The molecule has 19 heavy (non-hydrogen) atoms. The van der Waals surface area contributed by atoms with Gasteiger partial charge >= 0.3 is 6.18 Å². The maximum atomic E-state index is 12.3. The second-order valence-corrected chi connectivity index (χ2v) is 3.98. The zero-order chi connectivity index (χ0) is 13.9. The van der Waals surface area contributed by atoms with Crippen molar-refractivity contribution in [1.29, 1.82) is 0 Å². The molecule has 0 aromatic carbocycles. The molecule has 1 aliphatic heterocycles. The van der Waals surface area contributed by atoms with Crippen molar-refractivity contribution in [3.05, 3.63) is 24.0 Å². The van der Waals surface area contributed by atoms with Crippen molar-refractivity contribution < 1.29 is 22.7 Å². The molecule has 5 nitrogen and oxygen atoms in total. The number of rotatable bonds is 2. The minimum atomic E-state index is -4.49. The number of pyridine rings is 1. The van der Waals surface area contributed by atoms with Gasteiger partial charge < -0.3 is 15.4 Å². The number of anilines is 1. The standard InChI is InChI=1S/C11H12F3N3O2/c12-11(13,14)9-2-1-7(5-16-9)17-10(18)8-6-15-3-4-19-8/h1-2,5,8,15H,3-4,6H2,(H,17,18). The topological polar surface area (TPSA) is 63.2 Å². The molecular weight excluding hydrogens is 263 g/mol. The van der Waals surface area contributed by atoms with Crippen molar-refractivity contribution in [2.45, 2.75) is 12.3 Å². The molecule has 2 rings (SSSR count). The van der Waals surface area contributed by atoms with Crippen molar-refractivity contribution >= 4 is 11.6 Å². The van der Waals surface area contributed by atoms with Crippen LogP contribution in [0.3, 0.4) is 0 Å². The van der Waals surface area contributed by atoms with Gasteiger partial charge in [0, 0.05) is 13.1 Å². The van der Waals surface area contributed by atoms with Crippen LogP contribution in [0.25, 0.3) is 0 Å². The number of nitrogens with one attached hydrogen (secondary N) is 2. The number of hydrogen-bond donors (Lipinski definition) is 2. The molecular formula is C11H12F3N3O2. The van der Waals surface area contributed by atoms with Crippen LogP contribution >= 0.6 is 0 Å². The second kappa shape index (κ2) is 5.54. The first-order valence-electron chi connectivity index (χ1n) is 5.63. The number of nitrogens with zero attached hydrogens (tertiary/aromatic N) is 1. The maximum Gasteiger partial charge on any atom is 0.433 e. The quantitative estimate of drug-likeness (QED) is 0.846. The predicted molar refractivity (Wildman–Crippen MR) is 60.5 cm³/mol. The third-order valence-electron chi connectivity index (χ3n) is 2.54. The summed E-state index contributed by atoms with van der Waals surface area (Å²) < 4.78 is 42.1. The summed E-state index contributed by atoms with van der Waals surface area (Å²) in [4.78, 5) is 15.0. The van der Waals surface area contributed by atoms with Crippen LogP contribution in [0.5, 0.6) is 0 Å². The van der Waals surface area contributed by atoms with Gasteiger partial charge in [0.05, 0.1) is 18.5 Å². The predicted octanol–water partition coefficient (Wildman–Crippen LogP) is 1.03. The van der Waals surface area contributed by atoms with E-state index in [1.54, 1.807) is 0 Å². The number of carbonyl (C=O) groups excluding carboxylic acids is 1. The van der Waals surface area contributed by atoms with Crippen LogP contribution in [0, 0.1) is 0 Å². The van der Waals surface area contributed by atoms with Crippen molar-refractivity contribution in [2.75, 3.05) is 25.0 Å². The highest BCUT2D eigenvalue weighted by atomic mass is 19.4. The Hall–Kier alpha value is -1.67. The van der Waals surface area contributed by atoms with E-state index in [1.165, 1.54) is 0 Å². The summed E-state index contributed by atoms with van der Waals surface area (Å²) in [6.07, 6.45) is -4.16. The first kappa shape index (κ1) is 13.8. The van der Waals surface area contributed by atoms with Crippen LogP contribution in [0.15, 0.2) is 18.3 Å². The van der Waals surface area contributed by atoms with E-state index in [1.807, 2.05) is 0 Å². The maximum absolute atomic E-state index is 12.3. The molecule has 0 bridgehead atoms. The number of morpholine rings is 1. The molecule has 1 atom stereocenters. The van der Waals surface area contributed by atoms with Crippen LogP contribution in [-0.2, 0) is 15.7 Å². The van der Waals surface area contributed by atoms with Gasteiger partial charge in [0.1, 0.15) is 11.8 Å². The molecule has 0 aliphatic carbocycles. The molecule has 1 aromatic rings. The highest BCUT2D eigenvalue weighted by Gasteiger charge is 2.32. The lowest BCUT2D eigenvalue weighted by Gasteiger charge is -2.22. The third-order valence-corrected chi connectivity index (χ3v) is 2.54.